The second kappa shape index (κ2) is 6.21. The summed E-state index contributed by atoms with van der Waals surface area (Å²) in [4.78, 5) is 22.5. The lowest BCUT2D eigenvalue weighted by molar-refractivity contribution is 0.1000. The lowest BCUT2D eigenvalue weighted by Crippen LogP contribution is -2.13. The quantitative estimate of drug-likeness (QED) is 0.668. The second-order valence-electron chi connectivity index (χ2n) is 4.94. The molecule has 8 heteroatoms. The first-order valence-electron chi connectivity index (χ1n) is 6.86. The monoisotopic (exact) mass is 333 g/mol. The number of imidazole rings is 1. The van der Waals surface area contributed by atoms with E-state index in [1.165, 1.54) is 24.4 Å². The van der Waals surface area contributed by atoms with Crippen LogP contribution in [0.1, 0.15) is 16.2 Å². The number of aromatic nitrogens is 3. The van der Waals surface area contributed by atoms with E-state index in [0.29, 0.717) is 34.8 Å². The Morgan fingerprint density at radius 2 is 2.22 bits per heavy atom. The maximum Gasteiger partial charge on any atom is 0.250 e. The molecule has 4 N–H and O–H groups in total. The van der Waals surface area contributed by atoms with Gasteiger partial charge in [-0.2, -0.15) is 0 Å². The van der Waals surface area contributed by atoms with Crippen LogP contribution in [-0.2, 0) is 6.42 Å². The molecule has 0 fully saturated rings. The molecule has 0 aliphatic carbocycles. The van der Waals surface area contributed by atoms with Crippen molar-refractivity contribution in [1.82, 2.24) is 15.0 Å². The molecular formula is C15H13ClFN5O. The fourth-order valence-corrected chi connectivity index (χ4v) is 2.39. The lowest BCUT2D eigenvalue weighted by Gasteiger charge is -2.07. The van der Waals surface area contributed by atoms with Crippen molar-refractivity contribution in [1.29, 1.82) is 0 Å². The van der Waals surface area contributed by atoms with Gasteiger partial charge in [-0.3, -0.25) is 4.79 Å². The Hall–Kier alpha value is -2.67. The molecule has 0 atom stereocenters. The molecule has 1 aromatic carbocycles. The maximum absolute atomic E-state index is 13.1. The van der Waals surface area contributed by atoms with E-state index >= 15 is 0 Å². The number of amides is 1. The summed E-state index contributed by atoms with van der Waals surface area (Å²) in [5, 5.41) is 3.37. The Morgan fingerprint density at radius 1 is 1.39 bits per heavy atom. The third kappa shape index (κ3) is 3.40. The van der Waals surface area contributed by atoms with Crippen molar-refractivity contribution in [2.24, 2.45) is 5.73 Å². The van der Waals surface area contributed by atoms with Gasteiger partial charge < -0.3 is 16.0 Å². The van der Waals surface area contributed by atoms with Gasteiger partial charge in [0.25, 0.3) is 0 Å². The molecule has 0 bridgehead atoms. The molecule has 0 saturated carbocycles. The van der Waals surface area contributed by atoms with E-state index in [1.807, 2.05) is 0 Å². The number of nitrogens with zero attached hydrogens (tertiary/aromatic N) is 2. The molecule has 0 unspecified atom stereocenters. The minimum Gasteiger partial charge on any atom is -0.368 e. The van der Waals surface area contributed by atoms with E-state index in [4.69, 9.17) is 17.3 Å². The third-order valence-electron chi connectivity index (χ3n) is 3.27. The molecule has 0 saturated heterocycles. The zero-order valence-corrected chi connectivity index (χ0v) is 12.7. The average Bonchev–Trinajstić information content (AvgIpc) is 2.90. The number of primary amides is 1. The Labute approximate surface area is 135 Å². The number of nitrogens with two attached hydrogens (primary N) is 1. The van der Waals surface area contributed by atoms with Crippen LogP contribution >= 0.6 is 11.6 Å². The summed E-state index contributed by atoms with van der Waals surface area (Å²) in [6.45, 7) is 0.519. The van der Waals surface area contributed by atoms with E-state index in [0.717, 1.165) is 5.82 Å². The minimum absolute atomic E-state index is 0.250. The number of benzene rings is 1. The Balaban J connectivity index is 1.65. The molecule has 0 radical (unpaired) electrons. The van der Waals surface area contributed by atoms with Crippen LogP contribution in [0.2, 0.25) is 5.02 Å². The predicted octanol–water partition coefficient (Wildman–Crippen LogP) is 2.50. The third-order valence-corrected chi connectivity index (χ3v) is 3.56. The molecule has 2 heterocycles. The standard InChI is InChI=1S/C15H13ClFN5O/c16-10-5-8(14(18)23)7-20-15(10)19-4-3-13-21-11-2-1-9(17)6-12(11)22-13/h1-2,5-7H,3-4H2,(H2,18,23)(H,19,20)(H,21,22). The zero-order valence-electron chi connectivity index (χ0n) is 11.9. The summed E-state index contributed by atoms with van der Waals surface area (Å²) < 4.78 is 13.1. The number of hydrogen-bond acceptors (Lipinski definition) is 4. The van der Waals surface area contributed by atoms with Crippen molar-refractivity contribution >= 4 is 34.4 Å². The number of anilines is 1. The number of pyridine rings is 1. The van der Waals surface area contributed by atoms with Gasteiger partial charge in [0.05, 0.1) is 21.6 Å². The minimum atomic E-state index is -0.583. The summed E-state index contributed by atoms with van der Waals surface area (Å²) >= 11 is 6.04. The number of H-pyrrole nitrogens is 1. The molecule has 0 spiro atoms. The normalized spacial score (nSPS) is 10.9. The summed E-state index contributed by atoms with van der Waals surface area (Å²) in [5.74, 6) is 0.290. The summed E-state index contributed by atoms with van der Waals surface area (Å²) in [6, 6.07) is 5.86. The predicted molar refractivity (Wildman–Crippen MR) is 86.0 cm³/mol. The number of aromatic amines is 1. The van der Waals surface area contributed by atoms with E-state index in [9.17, 15) is 9.18 Å². The van der Waals surface area contributed by atoms with Crippen molar-refractivity contribution in [3.05, 3.63) is 52.7 Å². The SMILES string of the molecule is NC(=O)c1cnc(NCCc2nc3ccc(F)cc3[nH]2)c(Cl)c1. The first kappa shape index (κ1) is 15.2. The average molecular weight is 334 g/mol. The molecule has 3 rings (SSSR count). The number of halogens is 2. The largest absolute Gasteiger partial charge is 0.368 e. The highest BCUT2D eigenvalue weighted by Gasteiger charge is 2.08. The van der Waals surface area contributed by atoms with Gasteiger partial charge in [-0.15, -0.1) is 0 Å². The summed E-state index contributed by atoms with van der Waals surface area (Å²) in [6.07, 6.45) is 1.94. The van der Waals surface area contributed by atoms with Crippen molar-refractivity contribution in [2.75, 3.05) is 11.9 Å². The number of hydrogen-bond donors (Lipinski definition) is 3. The van der Waals surface area contributed by atoms with Gasteiger partial charge in [0, 0.05) is 19.2 Å². The Bertz CT molecular complexity index is 879. The number of carbonyl (C=O) groups is 1. The van der Waals surface area contributed by atoms with Gasteiger partial charge in [0.2, 0.25) is 5.91 Å². The fourth-order valence-electron chi connectivity index (χ4n) is 2.16. The molecule has 23 heavy (non-hydrogen) atoms. The van der Waals surface area contributed by atoms with Gasteiger partial charge in [0.1, 0.15) is 17.5 Å². The van der Waals surface area contributed by atoms with E-state index < -0.39 is 5.91 Å². The van der Waals surface area contributed by atoms with E-state index in [-0.39, 0.29) is 11.4 Å². The molecule has 0 aliphatic rings. The number of fused-ring (bicyclic) bond motifs is 1. The molecule has 2 aromatic heterocycles. The van der Waals surface area contributed by atoms with Crippen LogP contribution in [0.3, 0.4) is 0 Å². The van der Waals surface area contributed by atoms with Gasteiger partial charge in [-0.1, -0.05) is 11.6 Å². The first-order valence-corrected chi connectivity index (χ1v) is 7.24. The highest BCUT2D eigenvalue weighted by molar-refractivity contribution is 6.33. The Kier molecular flexibility index (Phi) is 4.12. The molecule has 1 amide bonds. The van der Waals surface area contributed by atoms with Crippen LogP contribution < -0.4 is 11.1 Å². The first-order chi connectivity index (χ1) is 11.0. The van der Waals surface area contributed by atoms with Crippen LogP contribution in [0.15, 0.2) is 30.5 Å². The van der Waals surface area contributed by atoms with Crippen LogP contribution in [0.4, 0.5) is 10.2 Å². The molecule has 0 aliphatic heterocycles. The Morgan fingerprint density at radius 3 is 2.96 bits per heavy atom. The van der Waals surface area contributed by atoms with Crippen LogP contribution in [-0.4, -0.2) is 27.4 Å². The van der Waals surface area contributed by atoms with Crippen molar-refractivity contribution in [3.63, 3.8) is 0 Å². The van der Waals surface area contributed by atoms with Crippen molar-refractivity contribution in [2.45, 2.75) is 6.42 Å². The van der Waals surface area contributed by atoms with Crippen LogP contribution in [0.5, 0.6) is 0 Å². The number of carbonyl (C=O) groups excluding carboxylic acids is 1. The van der Waals surface area contributed by atoms with Gasteiger partial charge in [-0.25, -0.2) is 14.4 Å². The van der Waals surface area contributed by atoms with E-state index in [2.05, 4.69) is 20.3 Å². The van der Waals surface area contributed by atoms with E-state index in [1.54, 1.807) is 6.07 Å². The lowest BCUT2D eigenvalue weighted by atomic mass is 10.2. The van der Waals surface area contributed by atoms with Gasteiger partial charge in [-0.05, 0) is 24.3 Å². The zero-order chi connectivity index (χ0) is 16.4. The van der Waals surface area contributed by atoms with Crippen molar-refractivity contribution in [3.8, 4) is 0 Å². The van der Waals surface area contributed by atoms with Crippen molar-refractivity contribution < 1.29 is 9.18 Å². The van der Waals surface area contributed by atoms with Gasteiger partial charge in [0.15, 0.2) is 0 Å². The molecular weight excluding hydrogens is 321 g/mol. The number of nitrogens with one attached hydrogen (secondary N) is 2. The molecule has 118 valence electrons. The molecule has 3 aromatic rings. The number of rotatable bonds is 5. The topological polar surface area (TPSA) is 96.7 Å². The summed E-state index contributed by atoms with van der Waals surface area (Å²) in [5.41, 5.74) is 6.78. The van der Waals surface area contributed by atoms with Crippen LogP contribution in [0.25, 0.3) is 11.0 Å². The highest BCUT2D eigenvalue weighted by atomic mass is 35.5. The van der Waals surface area contributed by atoms with Gasteiger partial charge >= 0.3 is 0 Å². The fraction of sp³-hybridized carbons (Fsp3) is 0.133. The van der Waals surface area contributed by atoms with Crippen LogP contribution in [0, 0.1) is 5.82 Å². The maximum atomic E-state index is 13.1. The smallest absolute Gasteiger partial charge is 0.250 e. The summed E-state index contributed by atoms with van der Waals surface area (Å²) in [7, 11) is 0. The molecule has 6 nitrogen and oxygen atoms in total. The highest BCUT2D eigenvalue weighted by Crippen LogP contribution is 2.20. The second-order valence-corrected chi connectivity index (χ2v) is 5.35.